The molecule has 0 bridgehead atoms. The van der Waals surface area contributed by atoms with Gasteiger partial charge < -0.3 is 15.2 Å². The van der Waals surface area contributed by atoms with E-state index >= 15 is 0 Å². The normalized spacial score (nSPS) is 16.8. The van der Waals surface area contributed by atoms with Gasteiger partial charge in [0.25, 0.3) is 0 Å². The number of carbonyl (C=O) groups excluding carboxylic acids is 1. The van der Waals surface area contributed by atoms with Crippen LogP contribution in [0.25, 0.3) is 6.08 Å². The van der Waals surface area contributed by atoms with Crippen LogP contribution in [-0.4, -0.2) is 30.1 Å². The maximum absolute atomic E-state index is 12.0. The molecule has 1 amide bonds. The van der Waals surface area contributed by atoms with Crippen molar-refractivity contribution in [1.29, 1.82) is 0 Å². The summed E-state index contributed by atoms with van der Waals surface area (Å²) in [4.78, 5) is 23.1. The number of aliphatic carboxylic acids is 1. The summed E-state index contributed by atoms with van der Waals surface area (Å²) in [5.41, 5.74) is 2.41. The number of benzene rings is 1. The van der Waals surface area contributed by atoms with E-state index in [9.17, 15) is 9.59 Å². The largest absolute Gasteiger partial charge is 0.497 e. The Morgan fingerprint density at radius 2 is 2.08 bits per heavy atom. The molecular formula is C19H25NO4. The molecule has 130 valence electrons. The van der Waals surface area contributed by atoms with Crippen LogP contribution < -0.4 is 10.1 Å². The number of carbonyl (C=O) groups is 2. The molecule has 2 rings (SSSR count). The van der Waals surface area contributed by atoms with E-state index < -0.39 is 12.0 Å². The number of ether oxygens (including phenoxy) is 1. The summed E-state index contributed by atoms with van der Waals surface area (Å²) >= 11 is 0. The Morgan fingerprint density at radius 1 is 1.33 bits per heavy atom. The molecule has 1 aliphatic carbocycles. The molecule has 24 heavy (non-hydrogen) atoms. The Hall–Kier alpha value is -2.30. The monoisotopic (exact) mass is 331 g/mol. The highest BCUT2D eigenvalue weighted by atomic mass is 16.5. The van der Waals surface area contributed by atoms with E-state index in [-0.39, 0.29) is 11.8 Å². The molecular weight excluding hydrogens is 306 g/mol. The van der Waals surface area contributed by atoms with Crippen molar-refractivity contribution in [2.24, 2.45) is 5.92 Å². The average Bonchev–Trinajstić information content (AvgIpc) is 2.94. The van der Waals surface area contributed by atoms with E-state index in [0.29, 0.717) is 12.3 Å². The molecule has 0 aromatic heterocycles. The molecule has 0 heterocycles. The molecule has 2 unspecified atom stereocenters. The number of methoxy groups -OCH3 is 1. The number of carboxylic acid groups (broad SMARTS) is 1. The van der Waals surface area contributed by atoms with Crippen LogP contribution in [0.5, 0.6) is 5.75 Å². The number of allylic oxidation sites excluding steroid dienone is 1. The first-order chi connectivity index (χ1) is 11.4. The molecule has 0 saturated carbocycles. The first-order valence-electron chi connectivity index (χ1n) is 8.30. The topological polar surface area (TPSA) is 75.6 Å². The van der Waals surface area contributed by atoms with E-state index in [0.717, 1.165) is 24.2 Å². The molecule has 2 atom stereocenters. The van der Waals surface area contributed by atoms with Crippen LogP contribution in [0.4, 0.5) is 0 Å². The zero-order valence-corrected chi connectivity index (χ0v) is 14.4. The van der Waals surface area contributed by atoms with Gasteiger partial charge in [-0.05, 0) is 42.0 Å². The molecule has 0 spiro atoms. The molecule has 0 aliphatic heterocycles. The second-order valence-corrected chi connectivity index (χ2v) is 6.48. The maximum Gasteiger partial charge on any atom is 0.326 e. The van der Waals surface area contributed by atoms with E-state index in [1.807, 2.05) is 12.1 Å². The van der Waals surface area contributed by atoms with Crippen molar-refractivity contribution in [3.63, 3.8) is 0 Å². The zero-order valence-electron chi connectivity index (χ0n) is 14.4. The Balaban J connectivity index is 1.83. The molecule has 5 nitrogen and oxygen atoms in total. The highest BCUT2D eigenvalue weighted by Gasteiger charge is 2.23. The van der Waals surface area contributed by atoms with Crippen molar-refractivity contribution in [2.75, 3.05) is 7.11 Å². The number of hydrogen-bond acceptors (Lipinski definition) is 3. The quantitative estimate of drug-likeness (QED) is 0.767. The van der Waals surface area contributed by atoms with Gasteiger partial charge >= 0.3 is 5.97 Å². The molecule has 2 N–H and O–H groups in total. The lowest BCUT2D eigenvalue weighted by Crippen LogP contribution is -2.44. The second kappa shape index (κ2) is 7.99. The van der Waals surface area contributed by atoms with Gasteiger partial charge in [0.1, 0.15) is 11.8 Å². The van der Waals surface area contributed by atoms with Crippen LogP contribution in [0.2, 0.25) is 0 Å². The van der Waals surface area contributed by atoms with Gasteiger partial charge in [-0.25, -0.2) is 4.79 Å². The maximum atomic E-state index is 12.0. The summed E-state index contributed by atoms with van der Waals surface area (Å²) in [7, 11) is 1.65. The van der Waals surface area contributed by atoms with E-state index in [4.69, 9.17) is 9.84 Å². The van der Waals surface area contributed by atoms with Gasteiger partial charge in [-0.3, -0.25) is 4.79 Å². The predicted octanol–water partition coefficient (Wildman–Crippen LogP) is 3.20. The number of carboxylic acids is 1. The Kier molecular flexibility index (Phi) is 6.01. The van der Waals surface area contributed by atoms with Crippen molar-refractivity contribution in [3.8, 4) is 5.75 Å². The van der Waals surface area contributed by atoms with Gasteiger partial charge in [0.15, 0.2) is 0 Å². The first-order valence-corrected chi connectivity index (χ1v) is 8.30. The number of nitrogens with one attached hydrogen (secondary N) is 1. The highest BCUT2D eigenvalue weighted by molar-refractivity contribution is 5.83. The third kappa shape index (κ3) is 4.37. The molecule has 1 aliphatic rings. The number of amides is 1. The van der Waals surface area contributed by atoms with Crippen molar-refractivity contribution in [3.05, 3.63) is 35.4 Å². The van der Waals surface area contributed by atoms with Gasteiger partial charge in [0.05, 0.1) is 7.11 Å². The molecule has 1 aromatic rings. The Bertz CT molecular complexity index is 636. The highest BCUT2D eigenvalue weighted by Crippen LogP contribution is 2.35. The second-order valence-electron chi connectivity index (χ2n) is 6.48. The Morgan fingerprint density at radius 3 is 2.71 bits per heavy atom. The van der Waals surface area contributed by atoms with Gasteiger partial charge in [0, 0.05) is 12.3 Å². The molecule has 5 heteroatoms. The lowest BCUT2D eigenvalue weighted by Gasteiger charge is -2.18. The van der Waals surface area contributed by atoms with Crippen LogP contribution in [0.3, 0.4) is 0 Å². The first kappa shape index (κ1) is 18.0. The van der Waals surface area contributed by atoms with Crippen molar-refractivity contribution in [1.82, 2.24) is 5.32 Å². The van der Waals surface area contributed by atoms with Gasteiger partial charge in [-0.1, -0.05) is 32.1 Å². The minimum absolute atomic E-state index is 0.133. The summed E-state index contributed by atoms with van der Waals surface area (Å²) < 4.78 is 5.23. The fourth-order valence-electron chi connectivity index (χ4n) is 2.98. The average molecular weight is 331 g/mol. The Labute approximate surface area is 142 Å². The molecule has 0 saturated heterocycles. The smallest absolute Gasteiger partial charge is 0.326 e. The van der Waals surface area contributed by atoms with E-state index in [1.165, 1.54) is 5.56 Å². The van der Waals surface area contributed by atoms with Crippen LogP contribution in [0, 0.1) is 5.92 Å². The number of rotatable bonds is 8. The van der Waals surface area contributed by atoms with Crippen LogP contribution in [0.1, 0.15) is 50.2 Å². The van der Waals surface area contributed by atoms with E-state index in [1.54, 1.807) is 21.0 Å². The number of fused-ring (bicyclic) bond motifs is 1. The van der Waals surface area contributed by atoms with Crippen LogP contribution >= 0.6 is 0 Å². The minimum atomic E-state index is -0.986. The molecule has 0 radical (unpaired) electrons. The van der Waals surface area contributed by atoms with Crippen molar-refractivity contribution >= 4 is 18.0 Å². The van der Waals surface area contributed by atoms with Crippen LogP contribution in [0.15, 0.2) is 24.3 Å². The van der Waals surface area contributed by atoms with Gasteiger partial charge in [-0.2, -0.15) is 0 Å². The summed E-state index contributed by atoms with van der Waals surface area (Å²) in [6.07, 6.45) is 6.16. The predicted molar refractivity (Wildman–Crippen MR) is 93.0 cm³/mol. The summed E-state index contributed by atoms with van der Waals surface area (Å²) in [5.74, 6) is -0.176. The fourth-order valence-corrected chi connectivity index (χ4v) is 2.98. The fraction of sp³-hybridized carbons (Fsp3) is 0.474. The van der Waals surface area contributed by atoms with Crippen LogP contribution in [-0.2, 0) is 9.59 Å². The summed E-state index contributed by atoms with van der Waals surface area (Å²) in [6.45, 7) is 3.57. The molecule has 0 fully saturated rings. The van der Waals surface area contributed by atoms with E-state index in [2.05, 4.69) is 23.5 Å². The third-order valence-corrected chi connectivity index (χ3v) is 4.37. The minimum Gasteiger partial charge on any atom is -0.497 e. The summed E-state index contributed by atoms with van der Waals surface area (Å²) in [5, 5.41) is 11.7. The van der Waals surface area contributed by atoms with Gasteiger partial charge in [-0.15, -0.1) is 0 Å². The molecule has 1 aromatic carbocycles. The lowest BCUT2D eigenvalue weighted by molar-refractivity contribution is -0.143. The third-order valence-electron chi connectivity index (χ3n) is 4.37. The number of hydrogen-bond donors (Lipinski definition) is 2. The lowest BCUT2D eigenvalue weighted by atomic mass is 9.95. The summed E-state index contributed by atoms with van der Waals surface area (Å²) in [6, 6.07) is 5.21. The van der Waals surface area contributed by atoms with Crippen molar-refractivity contribution < 1.29 is 19.4 Å². The van der Waals surface area contributed by atoms with Gasteiger partial charge in [0.2, 0.25) is 5.91 Å². The zero-order chi connectivity index (χ0) is 17.7. The SMILES string of the molecule is COc1ccc2c(c1)C=CC2CCCC(=O)NC(C(=O)O)C(C)C. The van der Waals surface area contributed by atoms with Crippen molar-refractivity contribution in [2.45, 2.75) is 45.1 Å². The standard InChI is InChI=1S/C19H25NO4/c1-12(2)18(19(22)23)20-17(21)6-4-5-13-7-8-14-11-15(24-3)9-10-16(13)14/h7-13,18H,4-6H2,1-3H3,(H,20,21)(H,22,23).